The highest BCUT2D eigenvalue weighted by Gasteiger charge is 2.20. The van der Waals surface area contributed by atoms with Gasteiger partial charge < -0.3 is 4.84 Å². The lowest BCUT2D eigenvalue weighted by molar-refractivity contribution is -0.792. The molecule has 8 nitrogen and oxygen atoms in total. The van der Waals surface area contributed by atoms with Gasteiger partial charge in [-0.1, -0.05) is 15.9 Å². The van der Waals surface area contributed by atoms with E-state index in [0.717, 1.165) is 0 Å². The number of nitrogens with zero attached hydrogens (tertiary/aromatic N) is 2. The predicted octanol–water partition coefficient (Wildman–Crippen LogP) is 0.512. The molecule has 12 heavy (non-hydrogen) atoms. The summed E-state index contributed by atoms with van der Waals surface area (Å²) in [6.07, 6.45) is -1.05. The third-order valence-corrected chi connectivity index (χ3v) is 1.72. The zero-order valence-corrected chi connectivity index (χ0v) is 7.46. The maximum atomic E-state index is 9.74. The molecule has 0 aliphatic heterocycles. The van der Waals surface area contributed by atoms with Crippen LogP contribution in [0, 0.1) is 20.2 Å². The molecule has 0 saturated carbocycles. The molecule has 2 atom stereocenters. The van der Waals surface area contributed by atoms with Crippen LogP contribution in [0.1, 0.15) is 6.92 Å². The SMILES string of the molecule is CC(O[N+](=O)[O-])C(Br)O[N+](=O)[O-]. The Balaban J connectivity index is 3.83. The fourth-order valence-electron chi connectivity index (χ4n) is 0.352. The van der Waals surface area contributed by atoms with E-state index in [2.05, 4.69) is 25.6 Å². The van der Waals surface area contributed by atoms with Crippen LogP contribution in [-0.2, 0) is 9.68 Å². The predicted molar refractivity (Wildman–Crippen MR) is 38.3 cm³/mol. The van der Waals surface area contributed by atoms with Gasteiger partial charge in [0.2, 0.25) is 0 Å². The van der Waals surface area contributed by atoms with E-state index >= 15 is 0 Å². The Morgan fingerprint density at radius 3 is 2.00 bits per heavy atom. The minimum absolute atomic E-state index is 1.05. The molecule has 0 rings (SSSR count). The lowest BCUT2D eigenvalue weighted by Gasteiger charge is -2.13. The third-order valence-electron chi connectivity index (χ3n) is 0.808. The van der Waals surface area contributed by atoms with Gasteiger partial charge in [-0.2, -0.15) is 0 Å². The molecule has 0 heterocycles. The molecule has 0 bridgehead atoms. The van der Waals surface area contributed by atoms with Crippen molar-refractivity contribution in [3.63, 3.8) is 0 Å². The lowest BCUT2D eigenvalue weighted by Crippen LogP contribution is -2.27. The standard InChI is InChI=1S/C3H5BrN2O6/c1-2(11-5(7)8)3(4)12-6(9)10/h2-3H,1H3. The van der Waals surface area contributed by atoms with Crippen LogP contribution in [0.15, 0.2) is 0 Å². The monoisotopic (exact) mass is 244 g/mol. The van der Waals surface area contributed by atoms with Gasteiger partial charge in [0.1, 0.15) is 6.10 Å². The Morgan fingerprint density at radius 1 is 1.25 bits per heavy atom. The highest BCUT2D eigenvalue weighted by Crippen LogP contribution is 2.10. The summed E-state index contributed by atoms with van der Waals surface area (Å²) in [5.74, 6) is 0. The van der Waals surface area contributed by atoms with Gasteiger partial charge in [0.25, 0.3) is 10.2 Å². The van der Waals surface area contributed by atoms with Gasteiger partial charge in [-0.15, -0.1) is 20.2 Å². The second-order valence-corrected chi connectivity index (χ2v) is 2.62. The fraction of sp³-hybridized carbons (Fsp3) is 1.00. The van der Waals surface area contributed by atoms with Gasteiger partial charge in [-0.05, 0) is 6.92 Å². The van der Waals surface area contributed by atoms with E-state index in [4.69, 9.17) is 0 Å². The number of rotatable bonds is 5. The van der Waals surface area contributed by atoms with Crippen molar-refractivity contribution in [3.8, 4) is 0 Å². The van der Waals surface area contributed by atoms with Crippen LogP contribution in [0.25, 0.3) is 0 Å². The van der Waals surface area contributed by atoms with Crippen molar-refractivity contribution in [2.24, 2.45) is 0 Å². The lowest BCUT2D eigenvalue weighted by atomic mass is 10.4. The molecule has 0 saturated heterocycles. The van der Waals surface area contributed by atoms with E-state index in [1.165, 1.54) is 6.92 Å². The zero-order valence-electron chi connectivity index (χ0n) is 5.88. The van der Waals surface area contributed by atoms with Crippen molar-refractivity contribution in [2.75, 3.05) is 0 Å². The maximum absolute atomic E-state index is 9.74. The Hall–Kier alpha value is -1.12. The normalized spacial score (nSPS) is 14.5. The molecule has 9 heteroatoms. The Kier molecular flexibility index (Phi) is 4.26. The minimum atomic E-state index is -1.15. The van der Waals surface area contributed by atoms with E-state index in [1.807, 2.05) is 0 Å². The van der Waals surface area contributed by atoms with Crippen LogP contribution < -0.4 is 0 Å². The Labute approximate surface area is 74.8 Å². The van der Waals surface area contributed by atoms with Crippen molar-refractivity contribution in [1.29, 1.82) is 0 Å². The van der Waals surface area contributed by atoms with Crippen molar-refractivity contribution in [2.45, 2.75) is 18.0 Å². The molecule has 0 aromatic carbocycles. The topological polar surface area (TPSA) is 105 Å². The number of hydrogen-bond acceptors (Lipinski definition) is 6. The van der Waals surface area contributed by atoms with Gasteiger partial charge in [-0.25, -0.2) is 0 Å². The van der Waals surface area contributed by atoms with Crippen LogP contribution >= 0.6 is 15.9 Å². The molecule has 0 aromatic rings. The van der Waals surface area contributed by atoms with E-state index in [1.54, 1.807) is 0 Å². The average molecular weight is 245 g/mol. The van der Waals surface area contributed by atoms with Gasteiger partial charge in [0, 0.05) is 0 Å². The first kappa shape index (κ1) is 10.9. The fourth-order valence-corrected chi connectivity index (χ4v) is 0.585. The molecular weight excluding hydrogens is 240 g/mol. The van der Waals surface area contributed by atoms with Gasteiger partial charge >= 0.3 is 0 Å². The second kappa shape index (κ2) is 4.70. The second-order valence-electron chi connectivity index (χ2n) is 1.71. The first-order valence-corrected chi connectivity index (χ1v) is 3.61. The van der Waals surface area contributed by atoms with Crippen LogP contribution in [0.2, 0.25) is 0 Å². The average Bonchev–Trinajstić information content (AvgIpc) is 1.84. The summed E-state index contributed by atoms with van der Waals surface area (Å²) in [5.41, 5.74) is 0. The Morgan fingerprint density at radius 2 is 1.67 bits per heavy atom. The molecular formula is C3H5BrN2O6. The summed E-state index contributed by atoms with van der Waals surface area (Å²) in [5, 5.41) is 16.2. The Bertz CT molecular complexity index is 166. The largest absolute Gasteiger partial charge is 0.308 e. The van der Waals surface area contributed by atoms with Crippen molar-refractivity contribution >= 4 is 15.9 Å². The van der Waals surface area contributed by atoms with Crippen LogP contribution in [0.5, 0.6) is 0 Å². The first-order chi connectivity index (χ1) is 5.43. The summed E-state index contributed by atoms with van der Waals surface area (Å²) >= 11 is 2.68. The number of alkyl halides is 1. The van der Waals surface area contributed by atoms with Crippen LogP contribution in [-0.4, -0.2) is 21.3 Å². The summed E-state index contributed by atoms with van der Waals surface area (Å²) in [6, 6.07) is 0. The van der Waals surface area contributed by atoms with Crippen molar-refractivity contribution in [3.05, 3.63) is 20.2 Å². The van der Waals surface area contributed by atoms with E-state index < -0.39 is 21.3 Å². The quantitative estimate of drug-likeness (QED) is 0.397. The molecule has 0 aliphatic rings. The summed E-state index contributed by atoms with van der Waals surface area (Å²) < 4.78 is 0. The molecule has 0 radical (unpaired) electrons. The molecule has 0 spiro atoms. The van der Waals surface area contributed by atoms with Crippen LogP contribution in [0.4, 0.5) is 0 Å². The highest BCUT2D eigenvalue weighted by molar-refractivity contribution is 9.09. The van der Waals surface area contributed by atoms with E-state index in [-0.39, 0.29) is 0 Å². The number of halogens is 1. The van der Waals surface area contributed by atoms with Crippen molar-refractivity contribution < 1.29 is 19.8 Å². The summed E-state index contributed by atoms with van der Waals surface area (Å²) in [4.78, 5) is 27.3. The molecule has 0 N–H and O–H groups in total. The minimum Gasteiger partial charge on any atom is -0.308 e. The van der Waals surface area contributed by atoms with Crippen molar-refractivity contribution in [1.82, 2.24) is 0 Å². The van der Waals surface area contributed by atoms with Gasteiger partial charge in [-0.3, -0.25) is 4.84 Å². The molecule has 2 unspecified atom stereocenters. The summed E-state index contributed by atoms with van der Waals surface area (Å²) in [6.45, 7) is 1.26. The highest BCUT2D eigenvalue weighted by atomic mass is 79.9. The van der Waals surface area contributed by atoms with Crippen LogP contribution in [0.3, 0.4) is 0 Å². The van der Waals surface area contributed by atoms with Gasteiger partial charge in [0.15, 0.2) is 5.01 Å². The zero-order chi connectivity index (χ0) is 9.72. The van der Waals surface area contributed by atoms with E-state index in [9.17, 15) is 20.2 Å². The van der Waals surface area contributed by atoms with E-state index in [0.29, 0.717) is 0 Å². The summed E-state index contributed by atoms with van der Waals surface area (Å²) in [7, 11) is 0. The number of hydrogen-bond donors (Lipinski definition) is 0. The molecule has 0 aromatic heterocycles. The molecule has 0 fully saturated rings. The smallest absolute Gasteiger partial charge is 0.295 e. The molecule has 0 aliphatic carbocycles. The first-order valence-electron chi connectivity index (χ1n) is 2.70. The molecule has 0 amide bonds. The third kappa shape index (κ3) is 4.66. The van der Waals surface area contributed by atoms with Gasteiger partial charge in [0.05, 0.1) is 0 Å². The molecule has 70 valence electrons. The maximum Gasteiger partial charge on any atom is 0.295 e.